The van der Waals surface area contributed by atoms with Gasteiger partial charge in [0.2, 0.25) is 5.91 Å². The lowest BCUT2D eigenvalue weighted by Crippen LogP contribution is -2.36. The Morgan fingerprint density at radius 1 is 1.41 bits per heavy atom. The first-order chi connectivity index (χ1) is 8.34. The van der Waals surface area contributed by atoms with E-state index < -0.39 is 0 Å². The molecule has 0 bridgehead atoms. The average molecular weight is 234 g/mol. The van der Waals surface area contributed by atoms with Gasteiger partial charge in [-0.25, -0.2) is 0 Å². The van der Waals surface area contributed by atoms with E-state index in [4.69, 9.17) is 4.74 Å². The number of para-hydroxylation sites is 1. The predicted molar refractivity (Wildman–Crippen MR) is 66.0 cm³/mol. The highest BCUT2D eigenvalue weighted by Crippen LogP contribution is 2.08. The summed E-state index contributed by atoms with van der Waals surface area (Å²) < 4.78 is 5.46. The third kappa shape index (κ3) is 4.07. The Labute approximate surface area is 101 Å². The zero-order valence-corrected chi connectivity index (χ0v) is 9.82. The van der Waals surface area contributed by atoms with Crippen LogP contribution in [-0.2, 0) is 4.79 Å². The summed E-state index contributed by atoms with van der Waals surface area (Å²) in [5.74, 6) is 0.873. The van der Waals surface area contributed by atoms with Crippen LogP contribution in [0.25, 0.3) is 0 Å². The molecule has 4 nitrogen and oxygen atoms in total. The maximum absolute atomic E-state index is 11.6. The van der Waals surface area contributed by atoms with Crippen LogP contribution in [0.1, 0.15) is 12.8 Å². The normalized spacial score (nSPS) is 18.9. The molecule has 17 heavy (non-hydrogen) atoms. The standard InChI is InChI=1S/C13H18N2O2/c16-13(15-11-6-8-14-10-11)7-9-17-12-4-2-1-3-5-12/h1-5,11,14H,6-10H2,(H,15,16)/t11-/m0/s1. The van der Waals surface area contributed by atoms with Gasteiger partial charge in [-0.3, -0.25) is 4.79 Å². The molecule has 1 aliphatic heterocycles. The molecule has 2 N–H and O–H groups in total. The molecule has 0 aliphatic carbocycles. The van der Waals surface area contributed by atoms with E-state index in [1.54, 1.807) is 0 Å². The first-order valence-corrected chi connectivity index (χ1v) is 6.02. The number of nitrogens with one attached hydrogen (secondary N) is 2. The Hall–Kier alpha value is -1.55. The van der Waals surface area contributed by atoms with Crippen molar-refractivity contribution < 1.29 is 9.53 Å². The lowest BCUT2D eigenvalue weighted by molar-refractivity contribution is -0.122. The predicted octanol–water partition coefficient (Wildman–Crippen LogP) is 0.934. The highest BCUT2D eigenvalue weighted by molar-refractivity contribution is 5.76. The van der Waals surface area contributed by atoms with Crippen molar-refractivity contribution in [3.63, 3.8) is 0 Å². The molecule has 1 aromatic carbocycles. The van der Waals surface area contributed by atoms with Gasteiger partial charge in [-0.15, -0.1) is 0 Å². The quantitative estimate of drug-likeness (QED) is 0.797. The number of hydrogen-bond acceptors (Lipinski definition) is 3. The van der Waals surface area contributed by atoms with Crippen molar-refractivity contribution >= 4 is 5.91 Å². The van der Waals surface area contributed by atoms with Gasteiger partial charge in [0.1, 0.15) is 5.75 Å². The Bertz CT molecular complexity index is 348. The molecule has 0 saturated carbocycles. The summed E-state index contributed by atoms with van der Waals surface area (Å²) in [7, 11) is 0. The largest absolute Gasteiger partial charge is 0.493 e. The Morgan fingerprint density at radius 3 is 2.94 bits per heavy atom. The van der Waals surface area contributed by atoms with Crippen molar-refractivity contribution in [2.24, 2.45) is 0 Å². The number of ether oxygens (including phenoxy) is 1. The molecule has 1 saturated heterocycles. The zero-order valence-electron chi connectivity index (χ0n) is 9.82. The van der Waals surface area contributed by atoms with Crippen LogP contribution in [0.4, 0.5) is 0 Å². The zero-order chi connectivity index (χ0) is 11.9. The van der Waals surface area contributed by atoms with Gasteiger partial charge < -0.3 is 15.4 Å². The highest BCUT2D eigenvalue weighted by atomic mass is 16.5. The topological polar surface area (TPSA) is 50.4 Å². The van der Waals surface area contributed by atoms with Gasteiger partial charge in [-0.1, -0.05) is 18.2 Å². The molecule has 1 amide bonds. The lowest BCUT2D eigenvalue weighted by atomic mass is 10.2. The van der Waals surface area contributed by atoms with Crippen molar-refractivity contribution in [3.8, 4) is 5.75 Å². The van der Waals surface area contributed by atoms with Crippen molar-refractivity contribution in [2.75, 3.05) is 19.7 Å². The van der Waals surface area contributed by atoms with E-state index in [1.165, 1.54) is 0 Å². The van der Waals surface area contributed by atoms with Gasteiger partial charge >= 0.3 is 0 Å². The number of amides is 1. The smallest absolute Gasteiger partial charge is 0.223 e. The number of hydrogen-bond donors (Lipinski definition) is 2. The van der Waals surface area contributed by atoms with E-state index in [1.807, 2.05) is 30.3 Å². The molecule has 1 aromatic rings. The van der Waals surface area contributed by atoms with Gasteiger partial charge in [-0.05, 0) is 25.1 Å². The maximum atomic E-state index is 11.6. The van der Waals surface area contributed by atoms with Crippen molar-refractivity contribution in [1.29, 1.82) is 0 Å². The SMILES string of the molecule is O=C(CCOc1ccccc1)N[C@H]1CCNC1. The molecular formula is C13H18N2O2. The van der Waals surface area contributed by atoms with E-state index in [-0.39, 0.29) is 5.91 Å². The second-order valence-corrected chi connectivity index (χ2v) is 4.17. The molecule has 4 heteroatoms. The summed E-state index contributed by atoms with van der Waals surface area (Å²) in [6.45, 7) is 2.30. The van der Waals surface area contributed by atoms with Crippen molar-refractivity contribution in [1.82, 2.24) is 10.6 Å². The number of carbonyl (C=O) groups is 1. The lowest BCUT2D eigenvalue weighted by Gasteiger charge is -2.11. The van der Waals surface area contributed by atoms with Gasteiger partial charge in [-0.2, -0.15) is 0 Å². The maximum Gasteiger partial charge on any atom is 0.223 e. The minimum atomic E-state index is 0.0645. The molecule has 0 aromatic heterocycles. The van der Waals surface area contributed by atoms with Gasteiger partial charge in [0.05, 0.1) is 13.0 Å². The van der Waals surface area contributed by atoms with E-state index in [2.05, 4.69) is 10.6 Å². The summed E-state index contributed by atoms with van der Waals surface area (Å²) in [6, 6.07) is 9.84. The number of rotatable bonds is 5. The van der Waals surface area contributed by atoms with E-state index in [0.717, 1.165) is 25.3 Å². The highest BCUT2D eigenvalue weighted by Gasteiger charge is 2.16. The summed E-state index contributed by atoms with van der Waals surface area (Å²) in [4.78, 5) is 11.6. The minimum Gasteiger partial charge on any atom is -0.493 e. The van der Waals surface area contributed by atoms with Crippen LogP contribution < -0.4 is 15.4 Å². The molecule has 1 heterocycles. The Balaban J connectivity index is 1.63. The molecule has 1 fully saturated rings. The minimum absolute atomic E-state index is 0.0645. The van der Waals surface area contributed by atoms with Gasteiger partial charge in [0.15, 0.2) is 0 Å². The number of benzene rings is 1. The molecule has 0 unspecified atom stereocenters. The molecule has 2 rings (SSSR count). The van der Waals surface area contributed by atoms with E-state index in [0.29, 0.717) is 19.1 Å². The molecular weight excluding hydrogens is 216 g/mol. The van der Waals surface area contributed by atoms with Crippen LogP contribution in [-0.4, -0.2) is 31.6 Å². The van der Waals surface area contributed by atoms with Crippen LogP contribution in [0.5, 0.6) is 5.75 Å². The van der Waals surface area contributed by atoms with Crippen LogP contribution in [0.3, 0.4) is 0 Å². The van der Waals surface area contributed by atoms with Gasteiger partial charge in [0, 0.05) is 12.6 Å². The fraction of sp³-hybridized carbons (Fsp3) is 0.462. The molecule has 0 radical (unpaired) electrons. The summed E-state index contributed by atoms with van der Waals surface area (Å²) in [6.07, 6.45) is 1.43. The fourth-order valence-corrected chi connectivity index (χ4v) is 1.86. The molecule has 0 spiro atoms. The Kier molecular flexibility index (Phi) is 4.38. The second kappa shape index (κ2) is 6.25. The van der Waals surface area contributed by atoms with Crippen molar-refractivity contribution in [3.05, 3.63) is 30.3 Å². The Morgan fingerprint density at radius 2 is 2.24 bits per heavy atom. The molecule has 1 atom stereocenters. The van der Waals surface area contributed by atoms with Crippen LogP contribution in [0.2, 0.25) is 0 Å². The second-order valence-electron chi connectivity index (χ2n) is 4.17. The first kappa shape index (κ1) is 11.9. The summed E-state index contributed by atoms with van der Waals surface area (Å²) in [5, 5.41) is 6.20. The fourth-order valence-electron chi connectivity index (χ4n) is 1.86. The molecule has 1 aliphatic rings. The number of carbonyl (C=O) groups excluding carboxylic acids is 1. The van der Waals surface area contributed by atoms with Gasteiger partial charge in [0.25, 0.3) is 0 Å². The van der Waals surface area contributed by atoms with Crippen LogP contribution in [0.15, 0.2) is 30.3 Å². The summed E-state index contributed by atoms with van der Waals surface area (Å²) >= 11 is 0. The monoisotopic (exact) mass is 234 g/mol. The third-order valence-electron chi connectivity index (χ3n) is 2.77. The molecule has 92 valence electrons. The van der Waals surface area contributed by atoms with Crippen LogP contribution in [0, 0.1) is 0 Å². The van der Waals surface area contributed by atoms with E-state index in [9.17, 15) is 4.79 Å². The van der Waals surface area contributed by atoms with E-state index >= 15 is 0 Å². The summed E-state index contributed by atoms with van der Waals surface area (Å²) in [5.41, 5.74) is 0. The third-order valence-corrected chi connectivity index (χ3v) is 2.77. The first-order valence-electron chi connectivity index (χ1n) is 6.02. The van der Waals surface area contributed by atoms with Crippen molar-refractivity contribution in [2.45, 2.75) is 18.9 Å². The average Bonchev–Trinajstić information content (AvgIpc) is 2.83. The van der Waals surface area contributed by atoms with Crippen LogP contribution >= 0.6 is 0 Å².